The van der Waals surface area contributed by atoms with E-state index in [1.54, 1.807) is 38.4 Å². The Balaban J connectivity index is 1.81. The zero-order chi connectivity index (χ0) is 24.5. The normalized spacial score (nSPS) is 21.9. The van der Waals surface area contributed by atoms with Crippen molar-refractivity contribution in [3.05, 3.63) is 65.0 Å². The Morgan fingerprint density at radius 1 is 1.41 bits per heavy atom. The van der Waals surface area contributed by atoms with E-state index in [1.807, 2.05) is 12.1 Å². The number of fused-ring (bicyclic) bond motifs is 2. The van der Waals surface area contributed by atoms with Crippen molar-refractivity contribution in [2.24, 2.45) is 16.6 Å². The molecule has 7 nitrogen and oxygen atoms in total. The second-order valence-electron chi connectivity index (χ2n) is 8.88. The van der Waals surface area contributed by atoms with Gasteiger partial charge >= 0.3 is 0 Å². The molecule has 4 rings (SSSR count). The Bertz CT molecular complexity index is 1190. The topological polar surface area (TPSA) is 93.1 Å². The lowest BCUT2D eigenvalue weighted by Gasteiger charge is -2.39. The van der Waals surface area contributed by atoms with Gasteiger partial charge in [-0.05, 0) is 44.0 Å². The van der Waals surface area contributed by atoms with Gasteiger partial charge in [-0.3, -0.25) is 0 Å². The Morgan fingerprint density at radius 3 is 2.85 bits per heavy atom. The summed E-state index contributed by atoms with van der Waals surface area (Å²) in [5.41, 5.74) is 7.77. The number of nitrogens with two attached hydrogens (primary N) is 1. The number of aliphatic imine (C=N–C) groups is 1. The van der Waals surface area contributed by atoms with Gasteiger partial charge in [0.25, 0.3) is 0 Å². The Hall–Kier alpha value is -3.41. The van der Waals surface area contributed by atoms with Crippen molar-refractivity contribution < 1.29 is 18.7 Å². The van der Waals surface area contributed by atoms with Crippen LogP contribution in [0.2, 0.25) is 0 Å². The van der Waals surface area contributed by atoms with Gasteiger partial charge < -0.3 is 15.2 Å². The highest BCUT2D eigenvalue weighted by molar-refractivity contribution is 5.79. The summed E-state index contributed by atoms with van der Waals surface area (Å²) < 4.78 is 26.7. The van der Waals surface area contributed by atoms with E-state index in [0.29, 0.717) is 35.5 Å². The zero-order valence-electron chi connectivity index (χ0n) is 19.8. The molecule has 0 bridgehead atoms. The number of nitrogens with zero attached hydrogens (tertiary/aromatic N) is 3. The van der Waals surface area contributed by atoms with Crippen LogP contribution in [0.25, 0.3) is 11.1 Å². The van der Waals surface area contributed by atoms with Gasteiger partial charge in [-0.1, -0.05) is 29.8 Å². The average molecular weight is 465 g/mol. The summed E-state index contributed by atoms with van der Waals surface area (Å²) in [7, 11) is 3.39. The molecular formula is C26H29FN4O3. The molecule has 178 valence electrons. The minimum absolute atomic E-state index is 0.0110. The lowest BCUT2D eigenvalue weighted by Crippen LogP contribution is -2.42. The summed E-state index contributed by atoms with van der Waals surface area (Å²) in [6, 6.07) is 12.1. The van der Waals surface area contributed by atoms with Crippen LogP contribution in [0, 0.1) is 23.1 Å². The minimum Gasteiger partial charge on any atom is -0.489 e. The molecule has 2 aromatic rings. The first-order valence-corrected chi connectivity index (χ1v) is 11.2. The molecule has 3 unspecified atom stereocenters. The molecule has 0 fully saturated rings. The number of hydrogen-bond acceptors (Lipinski definition) is 7. The van der Waals surface area contributed by atoms with E-state index in [1.165, 1.54) is 16.7 Å². The SMILES string of the molecule is COCCC(C=C(C)C)C1CC2(N=C(N)N(C)O2)c2cc(-c3cccc(C#N)c3F)ccc2O1. The fourth-order valence-corrected chi connectivity index (χ4v) is 4.57. The number of rotatable bonds is 6. The lowest BCUT2D eigenvalue weighted by molar-refractivity contribution is -0.193. The molecule has 8 heteroatoms. The van der Waals surface area contributed by atoms with Gasteiger partial charge in [-0.15, -0.1) is 0 Å². The molecule has 0 saturated carbocycles. The van der Waals surface area contributed by atoms with Crippen LogP contribution in [-0.4, -0.2) is 37.9 Å². The van der Waals surface area contributed by atoms with Crippen molar-refractivity contribution in [3.8, 4) is 22.9 Å². The molecule has 2 heterocycles. The van der Waals surface area contributed by atoms with Gasteiger partial charge in [0, 0.05) is 38.7 Å². The number of nitriles is 1. The third-order valence-corrected chi connectivity index (χ3v) is 6.17. The van der Waals surface area contributed by atoms with Crippen molar-refractivity contribution in [1.82, 2.24) is 5.06 Å². The third kappa shape index (κ3) is 4.37. The highest BCUT2D eigenvalue weighted by Crippen LogP contribution is 2.49. The van der Waals surface area contributed by atoms with Gasteiger partial charge in [0.15, 0.2) is 0 Å². The van der Waals surface area contributed by atoms with Gasteiger partial charge in [0.1, 0.15) is 23.7 Å². The first kappa shape index (κ1) is 23.7. The third-order valence-electron chi connectivity index (χ3n) is 6.17. The standard InChI is InChI=1S/C26H29FN4O3/c1-16(2)12-18(10-11-32-4)23-14-26(30-25(29)31(3)34-26)21-13-17(8-9-22(21)33-23)20-7-5-6-19(15-28)24(20)27/h5-9,12-13,18,23H,10-11,14H2,1-4H3,(H2,29,30). The molecule has 2 aromatic carbocycles. The summed E-state index contributed by atoms with van der Waals surface area (Å²) in [4.78, 5) is 10.9. The maximum Gasteiger partial charge on any atom is 0.221 e. The maximum absolute atomic E-state index is 14.9. The number of ether oxygens (including phenoxy) is 2. The number of allylic oxidation sites excluding steroid dienone is 1. The maximum atomic E-state index is 14.9. The Morgan fingerprint density at radius 2 is 2.21 bits per heavy atom. The molecule has 0 aliphatic carbocycles. The fraction of sp³-hybridized carbons (Fsp3) is 0.385. The number of benzene rings is 2. The van der Waals surface area contributed by atoms with Gasteiger partial charge in [0.05, 0.1) is 11.1 Å². The summed E-state index contributed by atoms with van der Waals surface area (Å²) in [6.45, 7) is 4.70. The van der Waals surface area contributed by atoms with Gasteiger partial charge in [-0.25, -0.2) is 19.3 Å². The Kier molecular flexibility index (Phi) is 6.60. The first-order chi connectivity index (χ1) is 16.3. The predicted octanol–water partition coefficient (Wildman–Crippen LogP) is 4.48. The van der Waals surface area contributed by atoms with Crippen molar-refractivity contribution in [1.29, 1.82) is 5.26 Å². The number of halogens is 1. The molecule has 2 aliphatic heterocycles. The summed E-state index contributed by atoms with van der Waals surface area (Å²) in [5.74, 6) is 0.369. The van der Waals surface area contributed by atoms with E-state index < -0.39 is 11.5 Å². The van der Waals surface area contributed by atoms with Crippen LogP contribution >= 0.6 is 0 Å². The lowest BCUT2D eigenvalue weighted by atomic mass is 9.84. The number of hydrogen-bond donors (Lipinski definition) is 1. The molecule has 34 heavy (non-hydrogen) atoms. The molecule has 2 N–H and O–H groups in total. The molecule has 3 atom stereocenters. The van der Waals surface area contributed by atoms with Gasteiger partial charge in [0.2, 0.25) is 11.7 Å². The number of hydroxylamine groups is 2. The summed E-state index contributed by atoms with van der Waals surface area (Å²) in [6.07, 6.45) is 3.15. The van der Waals surface area contributed by atoms with Crippen LogP contribution < -0.4 is 10.5 Å². The van der Waals surface area contributed by atoms with Gasteiger partial charge in [-0.2, -0.15) is 5.26 Å². The van der Waals surface area contributed by atoms with E-state index in [0.717, 1.165) is 6.42 Å². The summed E-state index contributed by atoms with van der Waals surface area (Å²) in [5, 5.41) is 10.7. The van der Waals surface area contributed by atoms with E-state index in [4.69, 9.17) is 25.0 Å². The molecule has 2 aliphatic rings. The van der Waals surface area contributed by atoms with Crippen LogP contribution in [0.15, 0.2) is 53.0 Å². The fourth-order valence-electron chi connectivity index (χ4n) is 4.57. The highest BCUT2D eigenvalue weighted by Gasteiger charge is 2.50. The minimum atomic E-state index is -1.10. The molecule has 0 radical (unpaired) electrons. The van der Waals surface area contributed by atoms with Crippen molar-refractivity contribution in [2.45, 2.75) is 38.5 Å². The van der Waals surface area contributed by atoms with Crippen LogP contribution in [0.5, 0.6) is 5.75 Å². The van der Waals surface area contributed by atoms with E-state index in [-0.39, 0.29) is 23.5 Å². The first-order valence-electron chi connectivity index (χ1n) is 11.2. The second kappa shape index (κ2) is 9.45. The van der Waals surface area contributed by atoms with Crippen molar-refractivity contribution in [3.63, 3.8) is 0 Å². The smallest absolute Gasteiger partial charge is 0.221 e. The van der Waals surface area contributed by atoms with E-state index in [9.17, 15) is 9.65 Å². The quantitative estimate of drug-likeness (QED) is 0.634. The second-order valence-corrected chi connectivity index (χ2v) is 8.88. The molecule has 0 aromatic heterocycles. The Labute approximate surface area is 199 Å². The number of guanidine groups is 1. The summed E-state index contributed by atoms with van der Waals surface area (Å²) >= 11 is 0. The molecule has 0 saturated heterocycles. The molecular weight excluding hydrogens is 435 g/mol. The van der Waals surface area contributed by atoms with Crippen LogP contribution in [0.4, 0.5) is 4.39 Å². The van der Waals surface area contributed by atoms with Crippen molar-refractivity contribution in [2.75, 3.05) is 20.8 Å². The highest BCUT2D eigenvalue weighted by atomic mass is 19.1. The van der Waals surface area contributed by atoms with Crippen LogP contribution in [-0.2, 0) is 15.3 Å². The number of methoxy groups -OCH3 is 1. The van der Waals surface area contributed by atoms with Crippen molar-refractivity contribution >= 4 is 5.96 Å². The average Bonchev–Trinajstić information content (AvgIpc) is 3.09. The predicted molar refractivity (Wildman–Crippen MR) is 127 cm³/mol. The largest absolute Gasteiger partial charge is 0.489 e. The monoisotopic (exact) mass is 464 g/mol. The van der Waals surface area contributed by atoms with E-state index >= 15 is 0 Å². The van der Waals surface area contributed by atoms with Crippen LogP contribution in [0.3, 0.4) is 0 Å². The van der Waals surface area contributed by atoms with E-state index in [2.05, 4.69) is 19.9 Å². The zero-order valence-corrected chi connectivity index (χ0v) is 19.8. The molecule has 0 amide bonds. The van der Waals surface area contributed by atoms with Crippen LogP contribution in [0.1, 0.15) is 37.8 Å². The molecule has 1 spiro atoms.